The number of hydrogen-bond acceptors (Lipinski definition) is 4. The molecule has 1 saturated carbocycles. The third kappa shape index (κ3) is 3.56. The van der Waals surface area contributed by atoms with Crippen molar-refractivity contribution in [2.24, 2.45) is 0 Å². The molecule has 0 heterocycles. The van der Waals surface area contributed by atoms with E-state index in [4.69, 9.17) is 0 Å². The second-order valence-corrected chi connectivity index (χ2v) is 6.02. The normalized spacial score (nSPS) is 23.0. The Labute approximate surface area is 117 Å². The SMILES string of the molecule is CSC1CCC(NC(=O)c2cc(O)ccc2O)CC1. The number of phenolic OH excluding ortho intramolecular Hbond substituents is 2. The van der Waals surface area contributed by atoms with E-state index in [1.54, 1.807) is 0 Å². The molecule has 1 aromatic rings. The number of amides is 1. The van der Waals surface area contributed by atoms with E-state index < -0.39 is 0 Å². The Balaban J connectivity index is 1.96. The maximum absolute atomic E-state index is 12.0. The highest BCUT2D eigenvalue weighted by atomic mass is 32.2. The van der Waals surface area contributed by atoms with Crippen LogP contribution < -0.4 is 5.32 Å². The van der Waals surface area contributed by atoms with E-state index in [1.165, 1.54) is 18.2 Å². The minimum Gasteiger partial charge on any atom is -0.508 e. The van der Waals surface area contributed by atoms with Crippen LogP contribution in [0.5, 0.6) is 11.5 Å². The van der Waals surface area contributed by atoms with Gasteiger partial charge in [-0.1, -0.05) is 0 Å². The first kappa shape index (κ1) is 14.1. The van der Waals surface area contributed by atoms with Gasteiger partial charge >= 0.3 is 0 Å². The van der Waals surface area contributed by atoms with Crippen molar-refractivity contribution in [3.8, 4) is 11.5 Å². The van der Waals surface area contributed by atoms with Crippen molar-refractivity contribution in [1.29, 1.82) is 0 Å². The molecule has 5 heteroatoms. The largest absolute Gasteiger partial charge is 0.508 e. The molecule has 0 radical (unpaired) electrons. The third-order valence-electron chi connectivity index (χ3n) is 3.57. The molecule has 2 rings (SSSR count). The molecule has 3 N–H and O–H groups in total. The fourth-order valence-corrected chi connectivity index (χ4v) is 3.16. The summed E-state index contributed by atoms with van der Waals surface area (Å²) >= 11 is 1.88. The van der Waals surface area contributed by atoms with E-state index in [1.807, 2.05) is 11.8 Å². The molecule has 0 aliphatic heterocycles. The summed E-state index contributed by atoms with van der Waals surface area (Å²) in [5.41, 5.74) is 0.131. The Morgan fingerprint density at radius 3 is 2.58 bits per heavy atom. The summed E-state index contributed by atoms with van der Waals surface area (Å²) in [4.78, 5) is 12.0. The Hall–Kier alpha value is -1.36. The van der Waals surface area contributed by atoms with Gasteiger partial charge in [0.05, 0.1) is 5.56 Å². The van der Waals surface area contributed by atoms with E-state index >= 15 is 0 Å². The van der Waals surface area contributed by atoms with E-state index in [0.29, 0.717) is 5.25 Å². The summed E-state index contributed by atoms with van der Waals surface area (Å²) in [5, 5.41) is 22.6. The lowest BCUT2D eigenvalue weighted by molar-refractivity contribution is 0.0925. The summed E-state index contributed by atoms with van der Waals surface area (Å²) in [6, 6.07) is 4.14. The van der Waals surface area contributed by atoms with Crippen LogP contribution in [-0.2, 0) is 0 Å². The maximum atomic E-state index is 12.0. The molecule has 1 aromatic carbocycles. The molecule has 0 atom stereocenters. The predicted molar refractivity (Wildman–Crippen MR) is 76.8 cm³/mol. The maximum Gasteiger partial charge on any atom is 0.255 e. The number of benzene rings is 1. The minimum absolute atomic E-state index is 0.0194. The third-order valence-corrected chi connectivity index (χ3v) is 4.71. The highest BCUT2D eigenvalue weighted by molar-refractivity contribution is 7.99. The zero-order valence-electron chi connectivity index (χ0n) is 10.9. The van der Waals surface area contributed by atoms with Gasteiger partial charge in [-0.2, -0.15) is 11.8 Å². The molecule has 0 bridgehead atoms. The molecule has 0 aromatic heterocycles. The molecule has 19 heavy (non-hydrogen) atoms. The lowest BCUT2D eigenvalue weighted by Gasteiger charge is -2.28. The second-order valence-electron chi connectivity index (χ2n) is 4.88. The number of hydrogen-bond donors (Lipinski definition) is 3. The van der Waals surface area contributed by atoms with Crippen molar-refractivity contribution in [3.63, 3.8) is 0 Å². The van der Waals surface area contributed by atoms with Crippen LogP contribution in [0.15, 0.2) is 18.2 Å². The van der Waals surface area contributed by atoms with E-state index in [9.17, 15) is 15.0 Å². The number of carbonyl (C=O) groups excluding carboxylic acids is 1. The van der Waals surface area contributed by atoms with Gasteiger partial charge in [-0.3, -0.25) is 4.79 Å². The predicted octanol–water partition coefficient (Wildman–Crippen LogP) is 2.50. The number of carbonyl (C=O) groups is 1. The van der Waals surface area contributed by atoms with Gasteiger partial charge in [0.2, 0.25) is 0 Å². The molecule has 4 nitrogen and oxygen atoms in total. The summed E-state index contributed by atoms with van der Waals surface area (Å²) in [6.07, 6.45) is 6.28. The van der Waals surface area contributed by atoms with Crippen LogP contribution in [0, 0.1) is 0 Å². The molecule has 0 saturated heterocycles. The fraction of sp³-hybridized carbons (Fsp3) is 0.500. The molecule has 1 fully saturated rings. The summed E-state index contributed by atoms with van der Waals surface area (Å²) < 4.78 is 0. The van der Waals surface area contributed by atoms with Crippen LogP contribution in [0.1, 0.15) is 36.0 Å². The first-order chi connectivity index (χ1) is 9.10. The van der Waals surface area contributed by atoms with Gasteiger partial charge in [0, 0.05) is 11.3 Å². The van der Waals surface area contributed by atoms with E-state index in [0.717, 1.165) is 25.7 Å². The summed E-state index contributed by atoms with van der Waals surface area (Å²) in [7, 11) is 0. The van der Waals surface area contributed by atoms with Gasteiger partial charge in [-0.15, -0.1) is 0 Å². The molecule has 0 unspecified atom stereocenters. The number of phenols is 2. The zero-order chi connectivity index (χ0) is 13.8. The molecular formula is C14H19NO3S. The van der Waals surface area contributed by atoms with Crippen molar-refractivity contribution in [3.05, 3.63) is 23.8 Å². The highest BCUT2D eigenvalue weighted by Gasteiger charge is 2.23. The molecular weight excluding hydrogens is 262 g/mol. The number of rotatable bonds is 3. The smallest absolute Gasteiger partial charge is 0.255 e. The number of aromatic hydroxyl groups is 2. The molecule has 1 aliphatic carbocycles. The van der Waals surface area contributed by atoms with Gasteiger partial charge in [0.15, 0.2) is 0 Å². The Morgan fingerprint density at radius 1 is 1.26 bits per heavy atom. The van der Waals surface area contributed by atoms with Crippen LogP contribution in [0.4, 0.5) is 0 Å². The lowest BCUT2D eigenvalue weighted by Crippen LogP contribution is -2.38. The molecule has 0 spiro atoms. The fourth-order valence-electron chi connectivity index (χ4n) is 2.41. The van der Waals surface area contributed by atoms with Gasteiger partial charge in [0.25, 0.3) is 5.91 Å². The van der Waals surface area contributed by atoms with Crippen molar-refractivity contribution in [2.75, 3.05) is 6.26 Å². The van der Waals surface area contributed by atoms with Crippen molar-refractivity contribution < 1.29 is 15.0 Å². The van der Waals surface area contributed by atoms with Gasteiger partial charge in [-0.25, -0.2) is 0 Å². The van der Waals surface area contributed by atoms with Gasteiger partial charge in [0.1, 0.15) is 11.5 Å². The van der Waals surface area contributed by atoms with Gasteiger partial charge in [-0.05, 0) is 50.1 Å². The summed E-state index contributed by atoms with van der Waals surface area (Å²) in [6.45, 7) is 0. The quantitative estimate of drug-likeness (QED) is 0.745. The molecule has 104 valence electrons. The monoisotopic (exact) mass is 281 g/mol. The van der Waals surface area contributed by atoms with Crippen LogP contribution in [0.2, 0.25) is 0 Å². The summed E-state index contributed by atoms with van der Waals surface area (Å²) in [5.74, 6) is -0.442. The average Bonchev–Trinajstić information content (AvgIpc) is 2.42. The molecule has 1 amide bonds. The molecule has 1 aliphatic rings. The average molecular weight is 281 g/mol. The Bertz CT molecular complexity index is 456. The van der Waals surface area contributed by atoms with E-state index in [2.05, 4.69) is 11.6 Å². The topological polar surface area (TPSA) is 69.6 Å². The second kappa shape index (κ2) is 6.19. The Morgan fingerprint density at radius 2 is 1.95 bits per heavy atom. The first-order valence-electron chi connectivity index (χ1n) is 6.45. The highest BCUT2D eigenvalue weighted by Crippen LogP contribution is 2.28. The first-order valence-corrected chi connectivity index (χ1v) is 7.74. The number of thioether (sulfide) groups is 1. The minimum atomic E-state index is -0.319. The standard InChI is InChI=1S/C14H19NO3S/c1-19-11-5-2-9(3-6-11)15-14(18)12-8-10(16)4-7-13(12)17/h4,7-9,11,16-17H,2-3,5-6H2,1H3,(H,15,18). The van der Waals surface area contributed by atoms with Crippen molar-refractivity contribution >= 4 is 17.7 Å². The van der Waals surface area contributed by atoms with Crippen LogP contribution in [-0.4, -0.2) is 33.7 Å². The Kier molecular flexibility index (Phi) is 4.58. The lowest BCUT2D eigenvalue weighted by atomic mass is 9.94. The van der Waals surface area contributed by atoms with Crippen molar-refractivity contribution in [2.45, 2.75) is 37.0 Å². The van der Waals surface area contributed by atoms with Crippen molar-refractivity contribution in [1.82, 2.24) is 5.32 Å². The van der Waals surface area contributed by atoms with Crippen LogP contribution in [0.3, 0.4) is 0 Å². The van der Waals surface area contributed by atoms with Crippen LogP contribution >= 0.6 is 11.8 Å². The van der Waals surface area contributed by atoms with E-state index in [-0.39, 0.29) is 29.0 Å². The number of nitrogens with one attached hydrogen (secondary N) is 1. The zero-order valence-corrected chi connectivity index (χ0v) is 11.7. The van der Waals surface area contributed by atoms with Crippen LogP contribution in [0.25, 0.3) is 0 Å². The van der Waals surface area contributed by atoms with Gasteiger partial charge < -0.3 is 15.5 Å².